The van der Waals surface area contributed by atoms with Gasteiger partial charge in [-0.2, -0.15) is 4.98 Å². The van der Waals surface area contributed by atoms with Gasteiger partial charge in [0.05, 0.1) is 12.8 Å². The van der Waals surface area contributed by atoms with Crippen molar-refractivity contribution < 1.29 is 4.74 Å². The predicted octanol–water partition coefficient (Wildman–Crippen LogP) is 3.30. The van der Waals surface area contributed by atoms with E-state index in [1.807, 2.05) is 12.1 Å². The number of anilines is 2. The number of hydrogen-bond donors (Lipinski definition) is 2. The highest BCUT2D eigenvalue weighted by molar-refractivity contribution is 5.53. The third kappa shape index (κ3) is 4.01. The number of nitrogens with zero attached hydrogens (tertiary/aromatic N) is 1. The van der Waals surface area contributed by atoms with E-state index in [9.17, 15) is 0 Å². The van der Waals surface area contributed by atoms with Crippen molar-refractivity contribution in [1.82, 2.24) is 4.98 Å². The average molecular weight is 263 g/mol. The number of hydrogen-bond acceptors (Lipinski definition) is 4. The zero-order valence-corrected chi connectivity index (χ0v) is 12.0. The van der Waals surface area contributed by atoms with Crippen LogP contribution in [-0.2, 0) is 0 Å². The van der Waals surface area contributed by atoms with Crippen LogP contribution in [0.5, 0.6) is 5.88 Å². The van der Waals surface area contributed by atoms with Gasteiger partial charge in [-0.25, -0.2) is 0 Å². The normalized spacial score (nSPS) is 23.1. The molecule has 106 valence electrons. The molecule has 4 heteroatoms. The molecule has 3 N–H and O–H groups in total. The van der Waals surface area contributed by atoms with Gasteiger partial charge in [0.25, 0.3) is 0 Å². The second-order valence-corrected chi connectivity index (χ2v) is 5.65. The van der Waals surface area contributed by atoms with E-state index in [0.29, 0.717) is 11.6 Å². The van der Waals surface area contributed by atoms with Gasteiger partial charge in [0, 0.05) is 6.54 Å². The second kappa shape index (κ2) is 6.64. The molecule has 1 aromatic heterocycles. The number of aromatic nitrogens is 1. The summed E-state index contributed by atoms with van der Waals surface area (Å²) in [5.41, 5.74) is 6.32. The Balaban J connectivity index is 1.79. The van der Waals surface area contributed by atoms with Crippen molar-refractivity contribution in [2.24, 2.45) is 11.8 Å². The molecular weight excluding hydrogens is 238 g/mol. The molecular formula is C15H25N3O. The highest BCUT2D eigenvalue weighted by Gasteiger charge is 2.18. The molecule has 0 bridgehead atoms. The highest BCUT2D eigenvalue weighted by Crippen LogP contribution is 2.30. The van der Waals surface area contributed by atoms with Gasteiger partial charge in [-0.3, -0.25) is 0 Å². The van der Waals surface area contributed by atoms with Crippen molar-refractivity contribution in [3.63, 3.8) is 0 Å². The molecule has 0 amide bonds. The summed E-state index contributed by atoms with van der Waals surface area (Å²) in [6.45, 7) is 3.34. The van der Waals surface area contributed by atoms with Crippen LogP contribution in [0.15, 0.2) is 12.1 Å². The first-order valence-electron chi connectivity index (χ1n) is 7.23. The van der Waals surface area contributed by atoms with Crippen LogP contribution in [0.25, 0.3) is 0 Å². The van der Waals surface area contributed by atoms with Crippen LogP contribution in [0.2, 0.25) is 0 Å². The molecule has 0 spiro atoms. The molecule has 0 aromatic carbocycles. The lowest BCUT2D eigenvalue weighted by Gasteiger charge is -2.26. The quantitative estimate of drug-likeness (QED) is 0.855. The van der Waals surface area contributed by atoms with E-state index in [1.54, 1.807) is 7.11 Å². The Morgan fingerprint density at radius 1 is 1.42 bits per heavy atom. The fourth-order valence-electron chi connectivity index (χ4n) is 2.94. The zero-order valence-electron chi connectivity index (χ0n) is 12.0. The van der Waals surface area contributed by atoms with Gasteiger partial charge in [0.2, 0.25) is 5.88 Å². The standard InChI is InChI=1S/C15H25N3O/c1-11-4-3-5-12(10-11)8-9-17-14-7-6-13(16)15(18-14)19-2/h6-7,11-12H,3-5,8-10,16H2,1-2H3,(H,17,18). The number of pyridine rings is 1. The summed E-state index contributed by atoms with van der Waals surface area (Å²) in [4.78, 5) is 4.33. The van der Waals surface area contributed by atoms with E-state index in [-0.39, 0.29) is 0 Å². The highest BCUT2D eigenvalue weighted by atomic mass is 16.5. The van der Waals surface area contributed by atoms with Gasteiger partial charge < -0.3 is 15.8 Å². The Bertz CT molecular complexity index is 408. The maximum absolute atomic E-state index is 5.75. The molecule has 2 rings (SSSR count). The monoisotopic (exact) mass is 263 g/mol. The Hall–Kier alpha value is -1.45. The lowest BCUT2D eigenvalue weighted by molar-refractivity contribution is 0.274. The lowest BCUT2D eigenvalue weighted by atomic mass is 9.81. The van der Waals surface area contributed by atoms with Crippen molar-refractivity contribution in [3.05, 3.63) is 12.1 Å². The Labute approximate surface area is 115 Å². The number of ether oxygens (including phenoxy) is 1. The maximum atomic E-state index is 5.75. The minimum absolute atomic E-state index is 0.497. The van der Waals surface area contributed by atoms with Crippen LogP contribution < -0.4 is 15.8 Å². The molecule has 2 unspecified atom stereocenters. The van der Waals surface area contributed by atoms with Crippen molar-refractivity contribution in [3.8, 4) is 5.88 Å². The summed E-state index contributed by atoms with van der Waals surface area (Å²) in [6, 6.07) is 3.73. The maximum Gasteiger partial charge on any atom is 0.238 e. The summed E-state index contributed by atoms with van der Waals surface area (Å²) in [5, 5.41) is 3.36. The fraction of sp³-hybridized carbons (Fsp3) is 0.667. The zero-order chi connectivity index (χ0) is 13.7. The van der Waals surface area contributed by atoms with Crippen LogP contribution in [0.1, 0.15) is 39.0 Å². The lowest BCUT2D eigenvalue weighted by Crippen LogP contribution is -2.17. The molecule has 0 saturated heterocycles. The molecule has 4 nitrogen and oxygen atoms in total. The van der Waals surface area contributed by atoms with Crippen LogP contribution >= 0.6 is 0 Å². The van der Waals surface area contributed by atoms with E-state index < -0.39 is 0 Å². The first-order chi connectivity index (χ1) is 9.19. The van der Waals surface area contributed by atoms with E-state index in [0.717, 1.165) is 24.2 Å². The Morgan fingerprint density at radius 2 is 2.26 bits per heavy atom. The van der Waals surface area contributed by atoms with Crippen LogP contribution in [0, 0.1) is 11.8 Å². The molecule has 1 saturated carbocycles. The van der Waals surface area contributed by atoms with Crippen LogP contribution in [0.3, 0.4) is 0 Å². The summed E-state index contributed by atoms with van der Waals surface area (Å²) in [5.74, 6) is 3.10. The largest absolute Gasteiger partial charge is 0.479 e. The molecule has 1 aliphatic carbocycles. The van der Waals surface area contributed by atoms with Crippen molar-refractivity contribution >= 4 is 11.5 Å². The van der Waals surface area contributed by atoms with Gasteiger partial charge in [-0.1, -0.05) is 26.2 Å². The minimum atomic E-state index is 0.497. The van der Waals surface area contributed by atoms with Crippen LogP contribution in [-0.4, -0.2) is 18.6 Å². The molecule has 1 heterocycles. The number of methoxy groups -OCH3 is 1. The first kappa shape index (κ1) is 14.0. The SMILES string of the molecule is COc1nc(NCCC2CCCC(C)C2)ccc1N. The third-order valence-corrected chi connectivity index (χ3v) is 3.99. The molecule has 1 aromatic rings. The molecule has 1 fully saturated rings. The smallest absolute Gasteiger partial charge is 0.238 e. The van der Waals surface area contributed by atoms with Crippen LogP contribution in [0.4, 0.5) is 11.5 Å². The number of nitrogen functional groups attached to an aromatic ring is 1. The Kier molecular flexibility index (Phi) is 4.88. The van der Waals surface area contributed by atoms with E-state index in [2.05, 4.69) is 17.2 Å². The molecule has 2 atom stereocenters. The molecule has 19 heavy (non-hydrogen) atoms. The first-order valence-corrected chi connectivity index (χ1v) is 7.23. The number of rotatable bonds is 5. The minimum Gasteiger partial charge on any atom is -0.479 e. The number of nitrogens with one attached hydrogen (secondary N) is 1. The average Bonchev–Trinajstić information content (AvgIpc) is 2.41. The van der Waals surface area contributed by atoms with E-state index >= 15 is 0 Å². The van der Waals surface area contributed by atoms with Gasteiger partial charge in [-0.15, -0.1) is 0 Å². The van der Waals surface area contributed by atoms with Crippen molar-refractivity contribution in [1.29, 1.82) is 0 Å². The van der Waals surface area contributed by atoms with Gasteiger partial charge in [0.1, 0.15) is 5.82 Å². The third-order valence-electron chi connectivity index (χ3n) is 3.99. The predicted molar refractivity (Wildman–Crippen MR) is 79.4 cm³/mol. The molecule has 0 radical (unpaired) electrons. The van der Waals surface area contributed by atoms with Crippen molar-refractivity contribution in [2.75, 3.05) is 24.7 Å². The summed E-state index contributed by atoms with van der Waals surface area (Å²) >= 11 is 0. The fourth-order valence-corrected chi connectivity index (χ4v) is 2.94. The summed E-state index contributed by atoms with van der Waals surface area (Å²) < 4.78 is 5.12. The summed E-state index contributed by atoms with van der Waals surface area (Å²) in [7, 11) is 1.59. The molecule has 0 aliphatic heterocycles. The van der Waals surface area contributed by atoms with Gasteiger partial charge in [0.15, 0.2) is 0 Å². The second-order valence-electron chi connectivity index (χ2n) is 5.65. The summed E-state index contributed by atoms with van der Waals surface area (Å²) in [6.07, 6.45) is 6.77. The molecule has 1 aliphatic rings. The van der Waals surface area contributed by atoms with Gasteiger partial charge >= 0.3 is 0 Å². The van der Waals surface area contributed by atoms with E-state index in [1.165, 1.54) is 32.1 Å². The van der Waals surface area contributed by atoms with Crippen molar-refractivity contribution in [2.45, 2.75) is 39.0 Å². The number of nitrogens with two attached hydrogens (primary N) is 1. The Morgan fingerprint density at radius 3 is 3.00 bits per heavy atom. The van der Waals surface area contributed by atoms with E-state index in [4.69, 9.17) is 10.5 Å². The van der Waals surface area contributed by atoms with Gasteiger partial charge in [-0.05, 0) is 36.8 Å². The topological polar surface area (TPSA) is 60.2 Å².